The molecular weight excluding hydrogens is 332 g/mol. The standard InChI is InChI=1S/C14H12BrClO3/c15-13-2-1-12(19-13)11(17)7-9-6-10(16)5-8-3-4-18-14(8)9/h1-2,5-6,11,17H,3-4,7H2. The molecule has 0 amide bonds. The molecule has 3 rings (SSSR count). The molecular formula is C14H12BrClO3. The van der Waals surface area contributed by atoms with Crippen LogP contribution in [0.3, 0.4) is 0 Å². The minimum absolute atomic E-state index is 0.419. The van der Waals surface area contributed by atoms with Gasteiger partial charge in [-0.25, -0.2) is 0 Å². The van der Waals surface area contributed by atoms with Gasteiger partial charge in [-0.1, -0.05) is 11.6 Å². The molecule has 0 aliphatic carbocycles. The van der Waals surface area contributed by atoms with Crippen molar-refractivity contribution in [2.45, 2.75) is 18.9 Å². The van der Waals surface area contributed by atoms with Crippen LogP contribution in [-0.2, 0) is 12.8 Å². The Bertz CT molecular complexity index is 609. The molecule has 1 atom stereocenters. The second kappa shape index (κ2) is 5.19. The van der Waals surface area contributed by atoms with E-state index in [1.807, 2.05) is 12.1 Å². The number of hydrogen-bond acceptors (Lipinski definition) is 3. The van der Waals surface area contributed by atoms with Gasteiger partial charge < -0.3 is 14.3 Å². The van der Waals surface area contributed by atoms with Gasteiger partial charge in [0.2, 0.25) is 0 Å². The van der Waals surface area contributed by atoms with Gasteiger partial charge in [-0.3, -0.25) is 0 Å². The zero-order valence-electron chi connectivity index (χ0n) is 10.0. The van der Waals surface area contributed by atoms with Crippen molar-refractivity contribution in [2.24, 2.45) is 0 Å². The van der Waals surface area contributed by atoms with Crippen LogP contribution >= 0.6 is 27.5 Å². The molecule has 1 aliphatic heterocycles. The van der Waals surface area contributed by atoms with Crippen LogP contribution in [0.2, 0.25) is 5.02 Å². The smallest absolute Gasteiger partial charge is 0.169 e. The van der Waals surface area contributed by atoms with Gasteiger partial charge >= 0.3 is 0 Å². The van der Waals surface area contributed by atoms with Gasteiger partial charge in [-0.05, 0) is 51.3 Å². The summed E-state index contributed by atoms with van der Waals surface area (Å²) in [5, 5.41) is 10.9. The van der Waals surface area contributed by atoms with Gasteiger partial charge in [-0.2, -0.15) is 0 Å². The van der Waals surface area contributed by atoms with E-state index < -0.39 is 6.10 Å². The molecule has 0 radical (unpaired) electrons. The number of benzene rings is 1. The number of aliphatic hydroxyl groups excluding tert-OH is 1. The molecule has 0 saturated heterocycles. The van der Waals surface area contributed by atoms with Gasteiger partial charge in [0.1, 0.15) is 17.6 Å². The third-order valence-corrected chi connectivity index (χ3v) is 3.81. The summed E-state index contributed by atoms with van der Waals surface area (Å²) in [6.45, 7) is 0.672. The summed E-state index contributed by atoms with van der Waals surface area (Å²) in [4.78, 5) is 0. The third-order valence-electron chi connectivity index (χ3n) is 3.16. The number of furan rings is 1. The summed E-state index contributed by atoms with van der Waals surface area (Å²) in [7, 11) is 0. The first-order valence-electron chi connectivity index (χ1n) is 6.01. The minimum Gasteiger partial charge on any atom is -0.493 e. The molecule has 1 unspecified atom stereocenters. The maximum Gasteiger partial charge on any atom is 0.169 e. The molecule has 0 fully saturated rings. The van der Waals surface area contributed by atoms with Gasteiger partial charge in [0.15, 0.2) is 4.67 Å². The van der Waals surface area contributed by atoms with E-state index in [-0.39, 0.29) is 0 Å². The van der Waals surface area contributed by atoms with Gasteiger partial charge in [0.25, 0.3) is 0 Å². The topological polar surface area (TPSA) is 42.6 Å². The highest BCUT2D eigenvalue weighted by atomic mass is 79.9. The molecule has 5 heteroatoms. The van der Waals surface area contributed by atoms with Crippen LogP contribution in [0.15, 0.2) is 33.4 Å². The van der Waals surface area contributed by atoms with E-state index in [1.165, 1.54) is 0 Å². The van der Waals surface area contributed by atoms with E-state index >= 15 is 0 Å². The molecule has 1 aromatic carbocycles. The van der Waals surface area contributed by atoms with E-state index in [9.17, 15) is 5.11 Å². The van der Waals surface area contributed by atoms with Crippen molar-refractivity contribution < 1.29 is 14.3 Å². The van der Waals surface area contributed by atoms with Crippen molar-refractivity contribution in [3.63, 3.8) is 0 Å². The largest absolute Gasteiger partial charge is 0.493 e. The molecule has 100 valence electrons. The molecule has 0 bridgehead atoms. The van der Waals surface area contributed by atoms with Crippen LogP contribution < -0.4 is 4.74 Å². The Kier molecular flexibility index (Phi) is 3.56. The van der Waals surface area contributed by atoms with E-state index in [0.29, 0.717) is 28.5 Å². The Labute approximate surface area is 124 Å². The summed E-state index contributed by atoms with van der Waals surface area (Å²) in [6, 6.07) is 7.27. The van der Waals surface area contributed by atoms with Crippen molar-refractivity contribution in [2.75, 3.05) is 6.61 Å². The Morgan fingerprint density at radius 1 is 1.37 bits per heavy atom. The highest BCUT2D eigenvalue weighted by Crippen LogP contribution is 2.35. The maximum atomic E-state index is 10.2. The molecule has 2 heterocycles. The van der Waals surface area contributed by atoms with Crippen molar-refractivity contribution in [3.05, 3.63) is 50.8 Å². The first kappa shape index (κ1) is 13.0. The van der Waals surface area contributed by atoms with E-state index in [2.05, 4.69) is 15.9 Å². The van der Waals surface area contributed by atoms with Crippen LogP contribution in [0, 0.1) is 0 Å². The first-order valence-corrected chi connectivity index (χ1v) is 7.18. The zero-order chi connectivity index (χ0) is 13.4. The summed E-state index contributed by atoms with van der Waals surface area (Å²) in [6.07, 6.45) is 0.576. The fourth-order valence-corrected chi connectivity index (χ4v) is 2.90. The van der Waals surface area contributed by atoms with E-state index in [4.69, 9.17) is 20.8 Å². The van der Waals surface area contributed by atoms with Crippen molar-refractivity contribution in [1.82, 2.24) is 0 Å². The number of aliphatic hydroxyl groups is 1. The predicted octanol–water partition coefficient (Wildman–Crippen LogP) is 3.91. The molecule has 0 saturated carbocycles. The number of halogens is 2. The van der Waals surface area contributed by atoms with Crippen LogP contribution in [0.5, 0.6) is 5.75 Å². The minimum atomic E-state index is -0.710. The van der Waals surface area contributed by atoms with Crippen molar-refractivity contribution in [1.29, 1.82) is 0 Å². The highest BCUT2D eigenvalue weighted by Gasteiger charge is 2.21. The molecule has 2 aromatic rings. The number of hydrogen-bond donors (Lipinski definition) is 1. The number of ether oxygens (including phenoxy) is 1. The molecule has 3 nitrogen and oxygen atoms in total. The normalized spacial score (nSPS) is 15.1. The lowest BCUT2D eigenvalue weighted by atomic mass is 10.0. The lowest BCUT2D eigenvalue weighted by Crippen LogP contribution is -2.02. The van der Waals surface area contributed by atoms with E-state index in [1.54, 1.807) is 12.1 Å². The SMILES string of the molecule is OC(Cc1cc(Cl)cc2c1OCC2)c1ccc(Br)o1. The highest BCUT2D eigenvalue weighted by molar-refractivity contribution is 9.10. The number of rotatable bonds is 3. The molecule has 1 aliphatic rings. The lowest BCUT2D eigenvalue weighted by molar-refractivity contribution is 0.148. The Morgan fingerprint density at radius 2 is 2.21 bits per heavy atom. The second-order valence-electron chi connectivity index (χ2n) is 4.51. The average molecular weight is 344 g/mol. The Balaban J connectivity index is 1.87. The summed E-state index contributed by atoms with van der Waals surface area (Å²) >= 11 is 9.32. The van der Waals surface area contributed by atoms with Gasteiger partial charge in [-0.15, -0.1) is 0 Å². The fraction of sp³-hybridized carbons (Fsp3) is 0.286. The van der Waals surface area contributed by atoms with Crippen LogP contribution in [-0.4, -0.2) is 11.7 Å². The second-order valence-corrected chi connectivity index (χ2v) is 5.73. The zero-order valence-corrected chi connectivity index (χ0v) is 12.4. The molecule has 1 N–H and O–H groups in total. The van der Waals surface area contributed by atoms with Crippen LogP contribution in [0.25, 0.3) is 0 Å². The monoisotopic (exact) mass is 342 g/mol. The van der Waals surface area contributed by atoms with Crippen LogP contribution in [0.1, 0.15) is 23.0 Å². The fourth-order valence-electron chi connectivity index (χ4n) is 2.31. The van der Waals surface area contributed by atoms with E-state index in [0.717, 1.165) is 23.3 Å². The predicted molar refractivity (Wildman–Crippen MR) is 75.7 cm³/mol. The average Bonchev–Trinajstić information content (AvgIpc) is 2.97. The quantitative estimate of drug-likeness (QED) is 0.919. The maximum absolute atomic E-state index is 10.2. The Morgan fingerprint density at radius 3 is 2.95 bits per heavy atom. The first-order chi connectivity index (χ1) is 9.13. The summed E-state index contributed by atoms with van der Waals surface area (Å²) in [5.41, 5.74) is 2.02. The third kappa shape index (κ3) is 2.66. The molecule has 0 spiro atoms. The van der Waals surface area contributed by atoms with Gasteiger partial charge in [0, 0.05) is 17.9 Å². The van der Waals surface area contributed by atoms with Crippen LogP contribution in [0.4, 0.5) is 0 Å². The summed E-state index contributed by atoms with van der Waals surface area (Å²) in [5.74, 6) is 1.38. The summed E-state index contributed by atoms with van der Waals surface area (Å²) < 4.78 is 11.6. The van der Waals surface area contributed by atoms with Gasteiger partial charge in [0.05, 0.1) is 6.61 Å². The number of fused-ring (bicyclic) bond motifs is 1. The molecule has 1 aromatic heterocycles. The Hall–Kier alpha value is -0.970. The molecule has 19 heavy (non-hydrogen) atoms. The van der Waals surface area contributed by atoms with Crippen molar-refractivity contribution >= 4 is 27.5 Å². The van der Waals surface area contributed by atoms with Crippen molar-refractivity contribution in [3.8, 4) is 5.75 Å². The lowest BCUT2D eigenvalue weighted by Gasteiger charge is -2.12.